The average Bonchev–Trinajstić information content (AvgIpc) is 2.51. The predicted octanol–water partition coefficient (Wildman–Crippen LogP) is 7.43. The van der Waals surface area contributed by atoms with Crippen LogP contribution < -0.4 is 0 Å². The minimum atomic E-state index is 0.256. The third kappa shape index (κ3) is 5.51. The van der Waals surface area contributed by atoms with E-state index in [1.807, 2.05) is 0 Å². The van der Waals surface area contributed by atoms with Gasteiger partial charge in [0, 0.05) is 0 Å². The Morgan fingerprint density at radius 1 is 0.667 bits per heavy atom. The fourth-order valence-corrected chi connectivity index (χ4v) is 3.76. The fraction of sp³-hybridized carbons (Fsp3) is 0.500. The van der Waals surface area contributed by atoms with Crippen LogP contribution in [0, 0.1) is 10.8 Å². The molecule has 0 heteroatoms. The number of hydrogen-bond donors (Lipinski definition) is 0. The molecular formula is C24H34. The van der Waals surface area contributed by atoms with Crippen molar-refractivity contribution in [2.45, 2.75) is 66.2 Å². The molecule has 2 atom stereocenters. The van der Waals surface area contributed by atoms with E-state index in [4.69, 9.17) is 0 Å². The highest BCUT2D eigenvalue weighted by molar-refractivity contribution is 5.25. The molecule has 0 N–H and O–H groups in total. The van der Waals surface area contributed by atoms with Crippen LogP contribution in [0.1, 0.15) is 77.3 Å². The number of hydrogen-bond acceptors (Lipinski definition) is 0. The summed E-state index contributed by atoms with van der Waals surface area (Å²) < 4.78 is 0. The second-order valence-electron chi connectivity index (χ2n) is 9.44. The molecule has 2 aromatic carbocycles. The second-order valence-corrected chi connectivity index (χ2v) is 9.44. The molecule has 0 aliphatic heterocycles. The van der Waals surface area contributed by atoms with Crippen LogP contribution in [-0.2, 0) is 0 Å². The maximum Gasteiger partial charge on any atom is -0.0107 e. The summed E-state index contributed by atoms with van der Waals surface area (Å²) in [5, 5.41) is 0. The van der Waals surface area contributed by atoms with Gasteiger partial charge in [-0.05, 0) is 46.6 Å². The molecule has 0 unspecified atom stereocenters. The van der Waals surface area contributed by atoms with E-state index in [0.29, 0.717) is 17.3 Å². The molecular weight excluding hydrogens is 288 g/mol. The Bertz CT molecular complexity index is 596. The van der Waals surface area contributed by atoms with E-state index in [9.17, 15) is 0 Å². The van der Waals surface area contributed by atoms with E-state index in [-0.39, 0.29) is 5.41 Å². The Hall–Kier alpha value is -1.56. The first kappa shape index (κ1) is 18.8. The summed E-state index contributed by atoms with van der Waals surface area (Å²) in [7, 11) is 0. The second kappa shape index (κ2) is 7.55. The lowest BCUT2D eigenvalue weighted by Crippen LogP contribution is -2.23. The Labute approximate surface area is 149 Å². The van der Waals surface area contributed by atoms with Crippen molar-refractivity contribution in [1.82, 2.24) is 0 Å². The van der Waals surface area contributed by atoms with Gasteiger partial charge < -0.3 is 0 Å². The van der Waals surface area contributed by atoms with Crippen LogP contribution in [0.2, 0.25) is 0 Å². The zero-order chi connectivity index (χ0) is 17.8. The van der Waals surface area contributed by atoms with Gasteiger partial charge in [0.05, 0.1) is 0 Å². The normalized spacial score (nSPS) is 15.1. The van der Waals surface area contributed by atoms with Crippen molar-refractivity contribution in [2.24, 2.45) is 10.8 Å². The quantitative estimate of drug-likeness (QED) is 0.537. The molecule has 0 spiro atoms. The molecule has 2 aromatic rings. The summed E-state index contributed by atoms with van der Waals surface area (Å²) in [6.45, 7) is 14.2. The van der Waals surface area contributed by atoms with Gasteiger partial charge in [-0.25, -0.2) is 0 Å². The van der Waals surface area contributed by atoms with E-state index < -0.39 is 0 Å². The summed E-state index contributed by atoms with van der Waals surface area (Å²) in [4.78, 5) is 0. The van der Waals surface area contributed by atoms with E-state index >= 15 is 0 Å². The van der Waals surface area contributed by atoms with E-state index in [1.54, 1.807) is 0 Å². The zero-order valence-corrected chi connectivity index (χ0v) is 16.3. The Morgan fingerprint density at radius 3 is 1.54 bits per heavy atom. The number of benzene rings is 2. The maximum atomic E-state index is 2.38. The molecule has 2 rings (SSSR count). The molecule has 0 bridgehead atoms. The predicted molar refractivity (Wildman–Crippen MR) is 107 cm³/mol. The first-order chi connectivity index (χ1) is 11.2. The van der Waals surface area contributed by atoms with Gasteiger partial charge in [0.15, 0.2) is 0 Å². The van der Waals surface area contributed by atoms with E-state index in [0.717, 1.165) is 0 Å². The van der Waals surface area contributed by atoms with Crippen LogP contribution >= 0.6 is 0 Å². The average molecular weight is 323 g/mol. The van der Waals surface area contributed by atoms with Crippen molar-refractivity contribution < 1.29 is 0 Å². The monoisotopic (exact) mass is 322 g/mol. The Kier molecular flexibility index (Phi) is 5.91. The molecule has 0 saturated carbocycles. The fourth-order valence-electron chi connectivity index (χ4n) is 3.76. The summed E-state index contributed by atoms with van der Waals surface area (Å²) in [6, 6.07) is 22.2. The summed E-state index contributed by atoms with van der Waals surface area (Å²) in [6.07, 6.45) is 2.42. The van der Waals surface area contributed by atoms with Gasteiger partial charge in [0.1, 0.15) is 0 Å². The van der Waals surface area contributed by atoms with Crippen molar-refractivity contribution >= 4 is 0 Å². The molecule has 0 saturated heterocycles. The van der Waals surface area contributed by atoms with E-state index in [2.05, 4.69) is 102 Å². The van der Waals surface area contributed by atoms with Gasteiger partial charge in [-0.2, -0.15) is 0 Å². The summed E-state index contributed by atoms with van der Waals surface area (Å²) in [5.74, 6) is 1.15. The highest BCUT2D eigenvalue weighted by Gasteiger charge is 2.31. The van der Waals surface area contributed by atoms with Crippen LogP contribution in [0.15, 0.2) is 60.7 Å². The van der Waals surface area contributed by atoms with Gasteiger partial charge in [-0.15, -0.1) is 0 Å². The van der Waals surface area contributed by atoms with Crippen LogP contribution in [0.5, 0.6) is 0 Å². The van der Waals surface area contributed by atoms with Gasteiger partial charge >= 0.3 is 0 Å². The largest absolute Gasteiger partial charge is 0.0622 e. The van der Waals surface area contributed by atoms with Crippen LogP contribution in [0.25, 0.3) is 0 Å². The smallest absolute Gasteiger partial charge is 0.0107 e. The van der Waals surface area contributed by atoms with Crippen molar-refractivity contribution in [1.29, 1.82) is 0 Å². The highest BCUT2D eigenvalue weighted by Crippen LogP contribution is 2.45. The molecule has 130 valence electrons. The van der Waals surface area contributed by atoms with Gasteiger partial charge in [-0.1, -0.05) is 102 Å². The third-order valence-corrected chi connectivity index (χ3v) is 4.90. The molecule has 0 amide bonds. The van der Waals surface area contributed by atoms with Crippen LogP contribution in [0.4, 0.5) is 0 Å². The highest BCUT2D eigenvalue weighted by atomic mass is 14.4. The minimum Gasteiger partial charge on any atom is -0.0622 e. The topological polar surface area (TPSA) is 0 Å². The van der Waals surface area contributed by atoms with Gasteiger partial charge in [0.2, 0.25) is 0 Å². The minimum absolute atomic E-state index is 0.256. The lowest BCUT2D eigenvalue weighted by atomic mass is 9.68. The summed E-state index contributed by atoms with van der Waals surface area (Å²) >= 11 is 0. The first-order valence-electron chi connectivity index (χ1n) is 9.27. The lowest BCUT2D eigenvalue weighted by Gasteiger charge is -2.36. The molecule has 0 nitrogen and oxygen atoms in total. The van der Waals surface area contributed by atoms with Gasteiger partial charge in [-0.3, -0.25) is 0 Å². The first-order valence-corrected chi connectivity index (χ1v) is 9.27. The third-order valence-electron chi connectivity index (χ3n) is 4.90. The standard InChI is InChI=1S/C24H34/c1-23(2,3)18-21(19-13-9-7-10-14-19)17-22(24(4,5)6)20-15-11-8-12-16-20/h7-16,21-22H,17-18H2,1-6H3/t21-,22+/m1/s1. The SMILES string of the molecule is CC(C)(C)C[C@@H](C[C@@H](c1ccccc1)C(C)(C)C)c1ccccc1. The van der Waals surface area contributed by atoms with Crippen molar-refractivity contribution in [3.05, 3.63) is 71.8 Å². The number of rotatable bonds is 5. The van der Waals surface area contributed by atoms with Crippen molar-refractivity contribution in [2.75, 3.05) is 0 Å². The van der Waals surface area contributed by atoms with Crippen molar-refractivity contribution in [3.8, 4) is 0 Å². The molecule has 0 aliphatic rings. The zero-order valence-electron chi connectivity index (χ0n) is 16.3. The summed E-state index contributed by atoms with van der Waals surface area (Å²) in [5.41, 5.74) is 3.55. The van der Waals surface area contributed by atoms with Crippen molar-refractivity contribution in [3.63, 3.8) is 0 Å². The van der Waals surface area contributed by atoms with Crippen LogP contribution in [0.3, 0.4) is 0 Å². The molecule has 0 radical (unpaired) electrons. The molecule has 24 heavy (non-hydrogen) atoms. The molecule has 0 aliphatic carbocycles. The Morgan fingerprint density at radius 2 is 1.12 bits per heavy atom. The van der Waals surface area contributed by atoms with Crippen LogP contribution in [-0.4, -0.2) is 0 Å². The molecule has 0 aromatic heterocycles. The lowest BCUT2D eigenvalue weighted by molar-refractivity contribution is 0.256. The van der Waals surface area contributed by atoms with Gasteiger partial charge in [0.25, 0.3) is 0 Å². The maximum absolute atomic E-state index is 2.38. The molecule has 0 heterocycles. The van der Waals surface area contributed by atoms with E-state index in [1.165, 1.54) is 24.0 Å². The molecule has 0 fully saturated rings. The Balaban J connectivity index is 2.34.